The van der Waals surface area contributed by atoms with Gasteiger partial charge in [-0.05, 0) is 48.9 Å². The molecule has 2 N–H and O–H groups in total. The molecule has 1 aliphatic heterocycles. The van der Waals surface area contributed by atoms with E-state index in [1.165, 1.54) is 4.90 Å². The second-order valence-corrected chi connectivity index (χ2v) is 9.95. The monoisotopic (exact) mass is 480 g/mol. The summed E-state index contributed by atoms with van der Waals surface area (Å²) in [4.78, 5) is 39.5. The Bertz CT molecular complexity index is 1100. The van der Waals surface area contributed by atoms with E-state index < -0.39 is 41.9 Å². The molecule has 8 nitrogen and oxygen atoms in total. The maximum atomic E-state index is 13.5. The van der Waals surface area contributed by atoms with Crippen LogP contribution in [0, 0.1) is 5.92 Å². The third-order valence-corrected chi connectivity index (χ3v) is 6.82. The van der Waals surface area contributed by atoms with Gasteiger partial charge < -0.3 is 19.9 Å². The molecule has 2 aromatic rings. The fourth-order valence-electron chi connectivity index (χ4n) is 5.27. The zero-order chi connectivity index (χ0) is 25.5. The van der Waals surface area contributed by atoms with Crippen LogP contribution in [0.2, 0.25) is 0 Å². The molecular weight excluding hydrogens is 448 g/mol. The van der Waals surface area contributed by atoms with E-state index >= 15 is 0 Å². The molecule has 3 atom stereocenters. The number of hydrogen-bond donors (Lipinski definition) is 2. The number of carbonyl (C=O) groups excluding carboxylic acids is 2. The van der Waals surface area contributed by atoms with E-state index in [4.69, 9.17) is 9.47 Å². The molecule has 2 amide bonds. The van der Waals surface area contributed by atoms with Crippen LogP contribution < -0.4 is 5.32 Å². The lowest BCUT2D eigenvalue weighted by Gasteiger charge is -2.36. The van der Waals surface area contributed by atoms with Crippen LogP contribution in [0.4, 0.5) is 4.79 Å². The number of fused-ring (bicyclic) bond motifs is 3. The van der Waals surface area contributed by atoms with Gasteiger partial charge in [-0.3, -0.25) is 9.69 Å². The third-order valence-electron chi connectivity index (χ3n) is 6.82. The van der Waals surface area contributed by atoms with Crippen LogP contribution >= 0.6 is 0 Å². The van der Waals surface area contributed by atoms with Crippen molar-refractivity contribution in [3.63, 3.8) is 0 Å². The fraction of sp³-hybridized carbons (Fsp3) is 0.444. The van der Waals surface area contributed by atoms with Crippen LogP contribution in [0.5, 0.6) is 0 Å². The van der Waals surface area contributed by atoms with E-state index in [1.807, 2.05) is 36.4 Å². The number of amides is 2. The number of aliphatic carboxylic acids is 1. The van der Waals surface area contributed by atoms with E-state index in [9.17, 15) is 19.5 Å². The Morgan fingerprint density at radius 3 is 2.11 bits per heavy atom. The number of benzene rings is 2. The molecule has 2 aliphatic rings. The van der Waals surface area contributed by atoms with Gasteiger partial charge in [0.05, 0.1) is 6.10 Å². The van der Waals surface area contributed by atoms with Gasteiger partial charge in [0.2, 0.25) is 5.91 Å². The number of rotatable bonds is 6. The Labute approximate surface area is 205 Å². The van der Waals surface area contributed by atoms with Gasteiger partial charge in [-0.25, -0.2) is 9.59 Å². The topological polar surface area (TPSA) is 105 Å². The Balaban J connectivity index is 1.49. The number of hydrogen-bond acceptors (Lipinski definition) is 5. The number of carboxylic acid groups (broad SMARTS) is 1. The number of nitrogens with zero attached hydrogens (tertiary/aromatic N) is 1. The summed E-state index contributed by atoms with van der Waals surface area (Å²) in [6.07, 6.45) is -1.41. The Morgan fingerprint density at radius 2 is 1.60 bits per heavy atom. The molecule has 0 spiro atoms. The van der Waals surface area contributed by atoms with Crippen LogP contribution in [0.25, 0.3) is 11.1 Å². The molecule has 4 rings (SSSR count). The van der Waals surface area contributed by atoms with Crippen LogP contribution in [0.3, 0.4) is 0 Å². The number of ether oxygens (including phenoxy) is 2. The summed E-state index contributed by atoms with van der Waals surface area (Å²) < 4.78 is 11.4. The zero-order valence-electron chi connectivity index (χ0n) is 20.6. The van der Waals surface area contributed by atoms with Crippen molar-refractivity contribution in [2.75, 3.05) is 6.61 Å². The lowest BCUT2D eigenvalue weighted by Crippen LogP contribution is -2.59. The van der Waals surface area contributed by atoms with Crippen molar-refractivity contribution in [2.24, 2.45) is 5.92 Å². The van der Waals surface area contributed by atoms with Crippen LogP contribution in [0.15, 0.2) is 48.5 Å². The van der Waals surface area contributed by atoms with Crippen LogP contribution in [0.1, 0.15) is 51.7 Å². The van der Waals surface area contributed by atoms with Crippen molar-refractivity contribution in [2.45, 2.75) is 64.4 Å². The summed E-state index contributed by atoms with van der Waals surface area (Å²) in [5, 5.41) is 12.4. The zero-order valence-corrected chi connectivity index (χ0v) is 20.6. The standard InChI is InChI=1S/C27H32N2O6/c1-15(2)22(24(30)29-23(25(31)32)16(3)35-27(29,4)5)28-26(33)34-14-21-19-12-8-6-10-17(19)18-11-7-9-13-20(18)21/h6-13,15-16,21-23H,14H2,1-5H3,(H,28,33)(H,31,32). The van der Waals surface area contributed by atoms with Crippen LogP contribution in [-0.2, 0) is 19.1 Å². The van der Waals surface area contributed by atoms with Gasteiger partial charge in [0.15, 0.2) is 6.04 Å². The molecule has 1 fully saturated rings. The number of carbonyl (C=O) groups is 3. The maximum absolute atomic E-state index is 13.5. The summed E-state index contributed by atoms with van der Waals surface area (Å²) in [5.41, 5.74) is 3.30. The van der Waals surface area contributed by atoms with E-state index in [1.54, 1.807) is 34.6 Å². The molecule has 3 unspecified atom stereocenters. The summed E-state index contributed by atoms with van der Waals surface area (Å²) in [6.45, 7) is 8.61. The smallest absolute Gasteiger partial charge is 0.407 e. The van der Waals surface area contributed by atoms with Crippen LogP contribution in [-0.4, -0.2) is 58.5 Å². The minimum absolute atomic E-state index is 0.107. The van der Waals surface area contributed by atoms with Gasteiger partial charge >= 0.3 is 12.1 Å². The molecule has 0 saturated carbocycles. The summed E-state index contributed by atoms with van der Waals surface area (Å²) in [7, 11) is 0. The quantitative estimate of drug-likeness (QED) is 0.648. The van der Waals surface area contributed by atoms with Gasteiger partial charge in [0.1, 0.15) is 18.4 Å². The lowest BCUT2D eigenvalue weighted by atomic mass is 9.98. The highest BCUT2D eigenvalue weighted by Gasteiger charge is 2.53. The first-order valence-electron chi connectivity index (χ1n) is 11.9. The summed E-state index contributed by atoms with van der Waals surface area (Å²) in [6, 6.07) is 14.0. The normalized spacial score (nSPS) is 21.4. The lowest BCUT2D eigenvalue weighted by molar-refractivity contribution is -0.157. The van der Waals surface area contributed by atoms with Crippen molar-refractivity contribution in [3.8, 4) is 11.1 Å². The second kappa shape index (κ2) is 9.34. The van der Waals surface area contributed by atoms with E-state index in [0.717, 1.165) is 22.3 Å². The second-order valence-electron chi connectivity index (χ2n) is 9.95. The summed E-state index contributed by atoms with van der Waals surface area (Å²) >= 11 is 0. The molecular formula is C27H32N2O6. The van der Waals surface area contributed by atoms with Crippen molar-refractivity contribution < 1.29 is 29.0 Å². The SMILES string of the molecule is CC(C)C(NC(=O)OCC1c2ccccc2-c2ccccc21)C(=O)N1C(C(=O)O)C(C)OC1(C)C. The minimum atomic E-state index is -1.15. The van der Waals surface area contributed by atoms with E-state index in [2.05, 4.69) is 17.4 Å². The molecule has 186 valence electrons. The average Bonchev–Trinajstić information content (AvgIpc) is 3.25. The van der Waals surface area contributed by atoms with Gasteiger partial charge in [-0.1, -0.05) is 62.4 Å². The van der Waals surface area contributed by atoms with Crippen molar-refractivity contribution in [3.05, 3.63) is 59.7 Å². The Morgan fingerprint density at radius 1 is 1.06 bits per heavy atom. The molecule has 0 radical (unpaired) electrons. The predicted octanol–water partition coefficient (Wildman–Crippen LogP) is 3.99. The van der Waals surface area contributed by atoms with Gasteiger partial charge in [-0.2, -0.15) is 0 Å². The van der Waals surface area contributed by atoms with Crippen molar-refractivity contribution in [1.29, 1.82) is 0 Å². The first kappa shape index (κ1) is 24.7. The van der Waals surface area contributed by atoms with E-state index in [-0.39, 0.29) is 18.4 Å². The molecule has 35 heavy (non-hydrogen) atoms. The maximum Gasteiger partial charge on any atom is 0.407 e. The van der Waals surface area contributed by atoms with E-state index in [0.29, 0.717) is 0 Å². The Hall–Kier alpha value is -3.39. The molecule has 0 bridgehead atoms. The fourth-order valence-corrected chi connectivity index (χ4v) is 5.27. The predicted molar refractivity (Wildman–Crippen MR) is 130 cm³/mol. The minimum Gasteiger partial charge on any atom is -0.480 e. The number of nitrogens with one attached hydrogen (secondary N) is 1. The molecule has 8 heteroatoms. The van der Waals surface area contributed by atoms with Gasteiger partial charge in [-0.15, -0.1) is 0 Å². The van der Waals surface area contributed by atoms with Crippen molar-refractivity contribution >= 4 is 18.0 Å². The highest BCUT2D eigenvalue weighted by atomic mass is 16.6. The highest BCUT2D eigenvalue weighted by molar-refractivity contribution is 5.90. The molecule has 1 heterocycles. The highest BCUT2D eigenvalue weighted by Crippen LogP contribution is 2.44. The molecule has 1 saturated heterocycles. The first-order valence-corrected chi connectivity index (χ1v) is 11.9. The summed E-state index contributed by atoms with van der Waals surface area (Å²) in [5.74, 6) is -2.08. The molecule has 2 aromatic carbocycles. The largest absolute Gasteiger partial charge is 0.480 e. The van der Waals surface area contributed by atoms with Crippen molar-refractivity contribution in [1.82, 2.24) is 10.2 Å². The van der Waals surface area contributed by atoms with Gasteiger partial charge in [0.25, 0.3) is 0 Å². The molecule has 0 aromatic heterocycles. The number of alkyl carbamates (subject to hydrolysis) is 1. The number of carboxylic acids is 1. The van der Waals surface area contributed by atoms with Gasteiger partial charge in [0, 0.05) is 5.92 Å². The molecule has 1 aliphatic carbocycles. The first-order chi connectivity index (χ1) is 16.5. The third kappa shape index (κ3) is 4.50. The Kier molecular flexibility index (Phi) is 6.60. The average molecular weight is 481 g/mol.